The predicted octanol–water partition coefficient (Wildman–Crippen LogP) is 1.94. The molecular weight excluding hydrogens is 316 g/mol. The van der Waals surface area contributed by atoms with Gasteiger partial charge in [-0.15, -0.1) is 0 Å². The van der Waals surface area contributed by atoms with Gasteiger partial charge in [0.25, 0.3) is 5.56 Å². The van der Waals surface area contributed by atoms with Gasteiger partial charge in [-0.2, -0.15) is 5.26 Å². The van der Waals surface area contributed by atoms with Gasteiger partial charge >= 0.3 is 0 Å². The van der Waals surface area contributed by atoms with Crippen LogP contribution in [-0.2, 0) is 7.05 Å². The third-order valence-electron chi connectivity index (χ3n) is 4.62. The Kier molecular flexibility index (Phi) is 3.65. The van der Waals surface area contributed by atoms with Crippen LogP contribution in [0.1, 0.15) is 30.4 Å². The molecule has 124 valence electrons. The van der Waals surface area contributed by atoms with Gasteiger partial charge in [0, 0.05) is 13.6 Å². The summed E-state index contributed by atoms with van der Waals surface area (Å²) in [5.74, 6) is 1.43. The molecule has 0 bridgehead atoms. The second-order valence-corrected chi connectivity index (χ2v) is 6.07. The molecule has 7 nitrogen and oxygen atoms in total. The molecule has 7 heteroatoms. The third kappa shape index (κ3) is 2.52. The van der Waals surface area contributed by atoms with Crippen LogP contribution in [0.3, 0.4) is 0 Å². The third-order valence-corrected chi connectivity index (χ3v) is 4.62. The monoisotopic (exact) mass is 332 g/mol. The predicted molar refractivity (Wildman–Crippen MR) is 93.1 cm³/mol. The van der Waals surface area contributed by atoms with Crippen molar-refractivity contribution in [2.24, 2.45) is 7.05 Å². The average Bonchev–Trinajstić information content (AvgIpc) is 3.14. The van der Waals surface area contributed by atoms with Crippen molar-refractivity contribution in [2.45, 2.75) is 18.9 Å². The van der Waals surface area contributed by atoms with Gasteiger partial charge in [0.2, 0.25) is 0 Å². The summed E-state index contributed by atoms with van der Waals surface area (Å²) in [6.07, 6.45) is 4.95. The number of rotatable bonds is 2. The Morgan fingerprint density at radius 2 is 2.08 bits per heavy atom. The molecule has 0 amide bonds. The van der Waals surface area contributed by atoms with E-state index in [1.54, 1.807) is 23.9 Å². The Hall–Kier alpha value is -3.27. The first-order valence-corrected chi connectivity index (χ1v) is 8.13. The zero-order chi connectivity index (χ0) is 17.4. The molecule has 0 N–H and O–H groups in total. The number of hydrogen-bond donors (Lipinski definition) is 0. The molecule has 1 unspecified atom stereocenters. The van der Waals surface area contributed by atoms with E-state index < -0.39 is 0 Å². The Bertz CT molecular complexity index is 1030. The summed E-state index contributed by atoms with van der Waals surface area (Å²) in [6, 6.07) is 9.33. The smallest absolute Gasteiger partial charge is 0.261 e. The maximum atomic E-state index is 12.7. The number of fused-ring (bicyclic) bond motifs is 1. The summed E-state index contributed by atoms with van der Waals surface area (Å²) in [7, 11) is 1.76. The van der Waals surface area contributed by atoms with Crippen LogP contribution in [0.2, 0.25) is 0 Å². The van der Waals surface area contributed by atoms with Crippen LogP contribution in [0.25, 0.3) is 10.9 Å². The normalized spacial score (nSPS) is 17.0. The minimum Gasteiger partial charge on any atom is -0.345 e. The minimum atomic E-state index is -0.0432. The van der Waals surface area contributed by atoms with Gasteiger partial charge in [0.15, 0.2) is 5.69 Å². The van der Waals surface area contributed by atoms with Crippen LogP contribution in [0, 0.1) is 11.3 Å². The van der Waals surface area contributed by atoms with Crippen molar-refractivity contribution in [3.8, 4) is 6.07 Å². The quantitative estimate of drug-likeness (QED) is 0.712. The molecular formula is C18H16N6O. The summed E-state index contributed by atoms with van der Waals surface area (Å²) in [4.78, 5) is 28.0. The molecule has 1 aliphatic heterocycles. The molecule has 1 saturated heterocycles. The largest absolute Gasteiger partial charge is 0.345 e. The van der Waals surface area contributed by atoms with Crippen molar-refractivity contribution < 1.29 is 0 Å². The minimum absolute atomic E-state index is 0.0375. The number of anilines is 1. The Morgan fingerprint density at radius 1 is 1.24 bits per heavy atom. The summed E-state index contributed by atoms with van der Waals surface area (Å²) in [5, 5.41) is 9.50. The van der Waals surface area contributed by atoms with E-state index in [0.717, 1.165) is 25.2 Å². The highest BCUT2D eigenvalue weighted by molar-refractivity contribution is 5.77. The lowest BCUT2D eigenvalue weighted by Crippen LogP contribution is -2.31. The highest BCUT2D eigenvalue weighted by Gasteiger charge is 2.30. The average molecular weight is 332 g/mol. The fraction of sp³-hybridized carbons (Fsp3) is 0.278. The number of hydrogen-bond acceptors (Lipinski definition) is 6. The van der Waals surface area contributed by atoms with Crippen LogP contribution in [0.15, 0.2) is 41.5 Å². The van der Waals surface area contributed by atoms with Crippen LogP contribution in [0.5, 0.6) is 0 Å². The number of para-hydroxylation sites is 1. The van der Waals surface area contributed by atoms with Gasteiger partial charge in [0.1, 0.15) is 17.7 Å². The first-order valence-electron chi connectivity index (χ1n) is 8.13. The van der Waals surface area contributed by atoms with Crippen LogP contribution < -0.4 is 10.5 Å². The summed E-state index contributed by atoms with van der Waals surface area (Å²) >= 11 is 0. The van der Waals surface area contributed by atoms with Crippen molar-refractivity contribution in [3.63, 3.8) is 0 Å². The lowest BCUT2D eigenvalue weighted by Gasteiger charge is -2.26. The van der Waals surface area contributed by atoms with E-state index in [2.05, 4.69) is 14.9 Å². The SMILES string of the molecule is Cn1c(C2CCCN2c2cnc(C#N)cn2)nc2ccccc2c1=O. The second kappa shape index (κ2) is 5.98. The molecule has 1 fully saturated rings. The maximum Gasteiger partial charge on any atom is 0.261 e. The fourth-order valence-corrected chi connectivity index (χ4v) is 3.37. The lowest BCUT2D eigenvalue weighted by molar-refractivity contribution is 0.606. The molecule has 2 aromatic heterocycles. The Labute approximate surface area is 144 Å². The second-order valence-electron chi connectivity index (χ2n) is 6.07. The Morgan fingerprint density at radius 3 is 2.84 bits per heavy atom. The van der Waals surface area contributed by atoms with Crippen molar-refractivity contribution in [1.82, 2.24) is 19.5 Å². The molecule has 1 aromatic carbocycles. The summed E-state index contributed by atoms with van der Waals surface area (Å²) in [5.41, 5.74) is 0.951. The van der Waals surface area contributed by atoms with E-state index in [0.29, 0.717) is 16.7 Å². The zero-order valence-electron chi connectivity index (χ0n) is 13.8. The summed E-state index contributed by atoms with van der Waals surface area (Å²) < 4.78 is 1.63. The zero-order valence-corrected chi connectivity index (χ0v) is 13.8. The van der Waals surface area contributed by atoms with E-state index in [1.165, 1.54) is 6.20 Å². The van der Waals surface area contributed by atoms with Gasteiger partial charge in [-0.1, -0.05) is 12.1 Å². The topological polar surface area (TPSA) is 87.7 Å². The van der Waals surface area contributed by atoms with Gasteiger partial charge in [-0.25, -0.2) is 15.0 Å². The van der Waals surface area contributed by atoms with Crippen molar-refractivity contribution in [1.29, 1.82) is 5.26 Å². The van der Waals surface area contributed by atoms with Gasteiger partial charge in [-0.05, 0) is 25.0 Å². The van der Waals surface area contributed by atoms with Gasteiger partial charge in [-0.3, -0.25) is 9.36 Å². The molecule has 3 aromatic rings. The molecule has 0 aliphatic carbocycles. The van der Waals surface area contributed by atoms with Crippen LogP contribution >= 0.6 is 0 Å². The van der Waals surface area contributed by atoms with Crippen molar-refractivity contribution in [3.05, 3.63) is 58.5 Å². The molecule has 1 aliphatic rings. The number of benzene rings is 1. The Balaban J connectivity index is 1.80. The number of nitriles is 1. The number of nitrogens with zero attached hydrogens (tertiary/aromatic N) is 6. The molecule has 4 rings (SSSR count). The highest BCUT2D eigenvalue weighted by atomic mass is 16.1. The molecule has 0 radical (unpaired) electrons. The van der Waals surface area contributed by atoms with Crippen LogP contribution in [0.4, 0.5) is 5.82 Å². The fourth-order valence-electron chi connectivity index (χ4n) is 3.37. The summed E-state index contributed by atoms with van der Waals surface area (Å²) in [6.45, 7) is 0.813. The van der Waals surface area contributed by atoms with E-state index >= 15 is 0 Å². The van der Waals surface area contributed by atoms with Crippen molar-refractivity contribution in [2.75, 3.05) is 11.4 Å². The highest BCUT2D eigenvalue weighted by Crippen LogP contribution is 2.33. The van der Waals surface area contributed by atoms with E-state index in [9.17, 15) is 4.79 Å². The molecule has 3 heterocycles. The van der Waals surface area contributed by atoms with E-state index in [1.807, 2.05) is 24.3 Å². The van der Waals surface area contributed by atoms with Crippen molar-refractivity contribution >= 4 is 16.7 Å². The maximum absolute atomic E-state index is 12.7. The molecule has 25 heavy (non-hydrogen) atoms. The standard InChI is InChI=1S/C18H16N6O/c1-23-17(22-14-6-3-2-5-13(14)18(23)25)15-7-4-8-24(15)16-11-20-12(9-19)10-21-16/h2-3,5-6,10-11,15H,4,7-8H2,1H3. The van der Waals surface area contributed by atoms with Crippen LogP contribution in [-0.4, -0.2) is 26.1 Å². The molecule has 0 saturated carbocycles. The first kappa shape index (κ1) is 15.3. The van der Waals surface area contributed by atoms with Gasteiger partial charge < -0.3 is 4.90 Å². The van der Waals surface area contributed by atoms with Gasteiger partial charge in [0.05, 0.1) is 29.3 Å². The lowest BCUT2D eigenvalue weighted by atomic mass is 10.1. The molecule has 1 atom stereocenters. The first-order chi connectivity index (χ1) is 12.2. The number of aromatic nitrogens is 4. The van der Waals surface area contributed by atoms with E-state index in [4.69, 9.17) is 10.2 Å². The molecule has 0 spiro atoms. The van der Waals surface area contributed by atoms with E-state index in [-0.39, 0.29) is 17.3 Å².